The van der Waals surface area contributed by atoms with Gasteiger partial charge in [-0.25, -0.2) is 4.79 Å². The van der Waals surface area contributed by atoms with E-state index in [-0.39, 0.29) is 18.7 Å². The first-order valence-corrected chi connectivity index (χ1v) is 8.23. The molecular formula is C19H17F3N2O4. The monoisotopic (exact) mass is 394 g/mol. The van der Waals surface area contributed by atoms with Crippen molar-refractivity contribution in [3.05, 3.63) is 65.2 Å². The molecule has 6 nitrogen and oxygen atoms in total. The average molecular weight is 394 g/mol. The predicted molar refractivity (Wildman–Crippen MR) is 94.8 cm³/mol. The van der Waals surface area contributed by atoms with Gasteiger partial charge in [0, 0.05) is 11.3 Å². The van der Waals surface area contributed by atoms with Crippen molar-refractivity contribution in [3.8, 4) is 0 Å². The number of amides is 2. The topological polar surface area (TPSA) is 84.5 Å². The molecule has 0 atom stereocenters. The Morgan fingerprint density at radius 2 is 1.50 bits per heavy atom. The summed E-state index contributed by atoms with van der Waals surface area (Å²) in [5, 5.41) is 4.84. The van der Waals surface area contributed by atoms with Crippen LogP contribution in [0.2, 0.25) is 0 Å². The molecule has 0 radical (unpaired) electrons. The first-order valence-electron chi connectivity index (χ1n) is 8.23. The highest BCUT2D eigenvalue weighted by Crippen LogP contribution is 2.29. The molecule has 2 N–H and O–H groups in total. The lowest BCUT2D eigenvalue weighted by Crippen LogP contribution is -2.32. The molecule has 0 fully saturated rings. The van der Waals surface area contributed by atoms with Crippen molar-refractivity contribution in [2.45, 2.75) is 13.1 Å². The Balaban J connectivity index is 1.86. The molecular weight excluding hydrogens is 377 g/mol. The minimum absolute atomic E-state index is 0.000380. The van der Waals surface area contributed by atoms with E-state index in [9.17, 15) is 27.6 Å². The van der Waals surface area contributed by atoms with E-state index < -0.39 is 29.5 Å². The van der Waals surface area contributed by atoms with Crippen molar-refractivity contribution < 1.29 is 32.3 Å². The molecule has 0 aromatic heterocycles. The number of hydrogen-bond acceptors (Lipinski definition) is 4. The van der Waals surface area contributed by atoms with E-state index in [2.05, 4.69) is 10.6 Å². The van der Waals surface area contributed by atoms with Crippen LogP contribution < -0.4 is 10.6 Å². The zero-order valence-electron chi connectivity index (χ0n) is 14.8. The second-order valence-electron chi connectivity index (χ2n) is 5.60. The summed E-state index contributed by atoms with van der Waals surface area (Å²) in [6, 6.07) is 9.61. The Kier molecular flexibility index (Phi) is 6.75. The molecule has 2 aromatic carbocycles. The number of anilines is 1. The number of carbonyl (C=O) groups excluding carboxylic acids is 3. The summed E-state index contributed by atoms with van der Waals surface area (Å²) in [7, 11) is 0. The van der Waals surface area contributed by atoms with Gasteiger partial charge >= 0.3 is 12.1 Å². The van der Waals surface area contributed by atoms with Crippen LogP contribution in [0.15, 0.2) is 48.5 Å². The molecule has 0 spiro atoms. The second kappa shape index (κ2) is 9.03. The molecule has 0 aliphatic heterocycles. The van der Waals surface area contributed by atoms with E-state index in [1.165, 1.54) is 24.3 Å². The molecule has 2 aromatic rings. The average Bonchev–Trinajstić information content (AvgIpc) is 2.66. The zero-order valence-corrected chi connectivity index (χ0v) is 14.8. The van der Waals surface area contributed by atoms with Crippen molar-refractivity contribution in [2.24, 2.45) is 0 Å². The molecule has 0 bridgehead atoms. The van der Waals surface area contributed by atoms with Gasteiger partial charge in [0.1, 0.15) is 0 Å². The van der Waals surface area contributed by atoms with Crippen LogP contribution in [0.5, 0.6) is 0 Å². The third kappa shape index (κ3) is 5.83. The van der Waals surface area contributed by atoms with E-state index >= 15 is 0 Å². The highest BCUT2D eigenvalue weighted by atomic mass is 19.4. The Bertz CT molecular complexity index is 847. The fourth-order valence-corrected chi connectivity index (χ4v) is 2.18. The van der Waals surface area contributed by atoms with Crippen LogP contribution in [-0.2, 0) is 15.7 Å². The predicted octanol–water partition coefficient (Wildman–Crippen LogP) is 3.25. The second-order valence-corrected chi connectivity index (χ2v) is 5.60. The van der Waals surface area contributed by atoms with Gasteiger partial charge in [-0.2, -0.15) is 13.2 Å². The summed E-state index contributed by atoms with van der Waals surface area (Å²) in [4.78, 5) is 35.4. The van der Waals surface area contributed by atoms with Gasteiger partial charge in [0.2, 0.25) is 5.91 Å². The van der Waals surface area contributed by atoms with Gasteiger partial charge in [0.15, 0.2) is 0 Å². The standard InChI is InChI=1S/C19H17F3N2O4/c1-2-28-18(27)13-5-9-15(10-6-13)24-16(25)11-23-17(26)12-3-7-14(8-4-12)19(20,21)22/h3-10H,2,11H2,1H3,(H,23,26)(H,24,25). The zero-order chi connectivity index (χ0) is 20.7. The van der Waals surface area contributed by atoms with E-state index in [0.717, 1.165) is 24.3 Å². The number of rotatable bonds is 6. The largest absolute Gasteiger partial charge is 0.462 e. The van der Waals surface area contributed by atoms with E-state index in [1.807, 2.05) is 0 Å². The highest BCUT2D eigenvalue weighted by molar-refractivity contribution is 5.99. The molecule has 2 rings (SSSR count). The lowest BCUT2D eigenvalue weighted by Gasteiger charge is -2.09. The number of nitrogens with one attached hydrogen (secondary N) is 2. The van der Waals surface area contributed by atoms with Gasteiger partial charge in [0.25, 0.3) is 5.91 Å². The van der Waals surface area contributed by atoms with Gasteiger partial charge < -0.3 is 15.4 Å². The molecule has 0 saturated heterocycles. The molecule has 0 aliphatic carbocycles. The summed E-state index contributed by atoms with van der Waals surface area (Å²) in [6.45, 7) is 1.56. The smallest absolute Gasteiger partial charge is 0.416 e. The van der Waals surface area contributed by atoms with Crippen molar-refractivity contribution in [2.75, 3.05) is 18.5 Å². The number of ether oxygens (including phenoxy) is 1. The van der Waals surface area contributed by atoms with Crippen LogP contribution in [0.25, 0.3) is 0 Å². The van der Waals surface area contributed by atoms with Crippen LogP contribution >= 0.6 is 0 Å². The summed E-state index contributed by atoms with van der Waals surface area (Å²) < 4.78 is 42.4. The Morgan fingerprint density at radius 1 is 0.929 bits per heavy atom. The van der Waals surface area contributed by atoms with E-state index in [1.54, 1.807) is 6.92 Å². The number of benzene rings is 2. The maximum absolute atomic E-state index is 12.5. The molecule has 0 saturated carbocycles. The number of halogens is 3. The third-order valence-electron chi connectivity index (χ3n) is 3.56. The van der Waals surface area contributed by atoms with Crippen molar-refractivity contribution in [1.29, 1.82) is 0 Å². The fourth-order valence-electron chi connectivity index (χ4n) is 2.18. The summed E-state index contributed by atoms with van der Waals surface area (Å²) in [5.41, 5.74) is -0.134. The summed E-state index contributed by atoms with van der Waals surface area (Å²) in [5.74, 6) is -1.70. The van der Waals surface area contributed by atoms with Gasteiger partial charge in [0.05, 0.1) is 24.3 Å². The number of hydrogen-bond donors (Lipinski definition) is 2. The number of carbonyl (C=O) groups is 3. The minimum atomic E-state index is -4.49. The van der Waals surface area contributed by atoms with Crippen molar-refractivity contribution >= 4 is 23.5 Å². The molecule has 0 aliphatic rings. The highest BCUT2D eigenvalue weighted by Gasteiger charge is 2.30. The van der Waals surface area contributed by atoms with Crippen LogP contribution in [0.3, 0.4) is 0 Å². The van der Waals surface area contributed by atoms with Gasteiger partial charge in [-0.3, -0.25) is 9.59 Å². The molecule has 0 heterocycles. The first kappa shape index (κ1) is 20.9. The SMILES string of the molecule is CCOC(=O)c1ccc(NC(=O)CNC(=O)c2ccc(C(F)(F)F)cc2)cc1. The normalized spacial score (nSPS) is 10.9. The minimum Gasteiger partial charge on any atom is -0.462 e. The lowest BCUT2D eigenvalue weighted by molar-refractivity contribution is -0.137. The van der Waals surface area contributed by atoms with Crippen LogP contribution in [-0.4, -0.2) is 30.9 Å². The quantitative estimate of drug-likeness (QED) is 0.737. The van der Waals surface area contributed by atoms with Crippen LogP contribution in [0.4, 0.5) is 18.9 Å². The molecule has 9 heteroatoms. The summed E-state index contributed by atoms with van der Waals surface area (Å²) >= 11 is 0. The van der Waals surface area contributed by atoms with Gasteiger partial charge in [-0.15, -0.1) is 0 Å². The first-order chi connectivity index (χ1) is 13.2. The van der Waals surface area contributed by atoms with Crippen molar-refractivity contribution in [1.82, 2.24) is 5.32 Å². The Labute approximate surface area is 158 Å². The van der Waals surface area contributed by atoms with Gasteiger partial charge in [-0.1, -0.05) is 0 Å². The summed E-state index contributed by atoms with van der Waals surface area (Å²) in [6.07, 6.45) is -4.49. The maximum Gasteiger partial charge on any atom is 0.416 e. The van der Waals surface area contributed by atoms with Crippen molar-refractivity contribution in [3.63, 3.8) is 0 Å². The lowest BCUT2D eigenvalue weighted by atomic mass is 10.1. The Hall–Kier alpha value is -3.36. The number of esters is 1. The molecule has 148 valence electrons. The van der Waals surface area contributed by atoms with E-state index in [0.29, 0.717) is 11.3 Å². The van der Waals surface area contributed by atoms with Crippen LogP contribution in [0.1, 0.15) is 33.2 Å². The van der Waals surface area contributed by atoms with E-state index in [4.69, 9.17) is 4.74 Å². The van der Waals surface area contributed by atoms with Crippen LogP contribution in [0, 0.1) is 0 Å². The maximum atomic E-state index is 12.5. The third-order valence-corrected chi connectivity index (χ3v) is 3.56. The fraction of sp³-hybridized carbons (Fsp3) is 0.211. The number of alkyl halides is 3. The van der Waals surface area contributed by atoms with Gasteiger partial charge in [-0.05, 0) is 55.5 Å². The molecule has 28 heavy (non-hydrogen) atoms. The Morgan fingerprint density at radius 3 is 2.04 bits per heavy atom. The molecule has 0 unspecified atom stereocenters. The molecule has 2 amide bonds.